The van der Waals surface area contributed by atoms with Crippen LogP contribution >= 0.6 is 15.9 Å². The monoisotopic (exact) mass is 321 g/mol. The highest BCUT2D eigenvalue weighted by Crippen LogP contribution is 2.26. The van der Waals surface area contributed by atoms with Gasteiger partial charge in [-0.1, -0.05) is 40.2 Å². The fraction of sp³-hybridized carbons (Fsp3) is 0.0714. The molecule has 4 nitrogen and oxygen atoms in total. The van der Waals surface area contributed by atoms with Crippen molar-refractivity contribution in [2.24, 2.45) is 0 Å². The molecular weight excluding hydrogens is 310 g/mol. The lowest BCUT2D eigenvalue weighted by molar-refractivity contribution is 0.0693. The summed E-state index contributed by atoms with van der Waals surface area (Å²) in [7, 11) is 0. The lowest BCUT2D eigenvalue weighted by Gasteiger charge is -2.11. The van der Waals surface area contributed by atoms with Crippen molar-refractivity contribution in [1.82, 2.24) is 0 Å². The Balaban J connectivity index is 2.23. The predicted octanol–water partition coefficient (Wildman–Crippen LogP) is 3.31. The summed E-state index contributed by atoms with van der Waals surface area (Å²) < 4.78 is 6.47. The Morgan fingerprint density at radius 1 is 1.21 bits per heavy atom. The number of anilines is 1. The van der Waals surface area contributed by atoms with E-state index in [0.717, 1.165) is 10.0 Å². The number of benzene rings is 2. The van der Waals surface area contributed by atoms with Crippen LogP contribution in [0.5, 0.6) is 5.75 Å². The average molecular weight is 322 g/mol. The Morgan fingerprint density at radius 2 is 1.95 bits per heavy atom. The van der Waals surface area contributed by atoms with Gasteiger partial charge in [0.2, 0.25) is 0 Å². The van der Waals surface area contributed by atoms with Crippen molar-refractivity contribution in [1.29, 1.82) is 0 Å². The molecule has 19 heavy (non-hydrogen) atoms. The van der Waals surface area contributed by atoms with Crippen LogP contribution in [0.3, 0.4) is 0 Å². The maximum absolute atomic E-state index is 11.2. The van der Waals surface area contributed by atoms with Crippen LogP contribution in [0.15, 0.2) is 46.9 Å². The first-order chi connectivity index (χ1) is 9.09. The molecule has 5 heteroatoms. The van der Waals surface area contributed by atoms with Crippen molar-refractivity contribution in [3.63, 3.8) is 0 Å². The molecule has 0 aromatic heterocycles. The summed E-state index contributed by atoms with van der Waals surface area (Å²) in [6.45, 7) is 0.269. The highest BCUT2D eigenvalue weighted by molar-refractivity contribution is 9.10. The van der Waals surface area contributed by atoms with Crippen LogP contribution in [0.1, 0.15) is 15.9 Å². The minimum Gasteiger partial charge on any atom is -0.488 e. The number of carbonyl (C=O) groups is 1. The van der Waals surface area contributed by atoms with Gasteiger partial charge in [0.25, 0.3) is 0 Å². The van der Waals surface area contributed by atoms with E-state index in [2.05, 4.69) is 15.9 Å². The van der Waals surface area contributed by atoms with Gasteiger partial charge in [-0.2, -0.15) is 0 Å². The lowest BCUT2D eigenvalue weighted by Crippen LogP contribution is -2.07. The number of rotatable bonds is 4. The zero-order valence-electron chi connectivity index (χ0n) is 9.97. The molecular formula is C14H12BrNO3. The Morgan fingerprint density at radius 3 is 2.63 bits per heavy atom. The van der Waals surface area contributed by atoms with Gasteiger partial charge in [-0.25, -0.2) is 4.79 Å². The number of ether oxygens (including phenoxy) is 1. The van der Waals surface area contributed by atoms with Crippen LogP contribution in [-0.4, -0.2) is 11.1 Å². The third-order valence-corrected chi connectivity index (χ3v) is 3.39. The zero-order valence-corrected chi connectivity index (χ0v) is 11.6. The van der Waals surface area contributed by atoms with Crippen LogP contribution in [0.4, 0.5) is 5.69 Å². The normalized spacial score (nSPS) is 10.2. The molecule has 3 N–H and O–H groups in total. The van der Waals surface area contributed by atoms with Gasteiger partial charge in [0.05, 0.1) is 0 Å². The van der Waals surface area contributed by atoms with E-state index in [-0.39, 0.29) is 23.6 Å². The van der Waals surface area contributed by atoms with Gasteiger partial charge in [-0.15, -0.1) is 0 Å². The molecule has 0 bridgehead atoms. The summed E-state index contributed by atoms with van der Waals surface area (Å²) in [5.41, 5.74) is 6.77. The molecule has 2 aromatic carbocycles. The molecule has 0 fully saturated rings. The van der Waals surface area contributed by atoms with Crippen LogP contribution in [0, 0.1) is 0 Å². The van der Waals surface area contributed by atoms with Crippen LogP contribution in [0.2, 0.25) is 0 Å². The summed E-state index contributed by atoms with van der Waals surface area (Å²) in [6.07, 6.45) is 0. The molecule has 0 spiro atoms. The molecule has 0 heterocycles. The number of carboxylic acids is 1. The SMILES string of the molecule is Nc1cccc(OCc2ccccc2Br)c1C(=O)O. The third-order valence-electron chi connectivity index (χ3n) is 2.61. The smallest absolute Gasteiger partial charge is 0.341 e. The molecule has 0 amide bonds. The lowest BCUT2D eigenvalue weighted by atomic mass is 10.1. The molecule has 0 radical (unpaired) electrons. The number of halogens is 1. The second kappa shape index (κ2) is 5.75. The number of nitrogens with two attached hydrogens (primary N) is 1. The van der Waals surface area contributed by atoms with E-state index < -0.39 is 5.97 Å². The Bertz CT molecular complexity index is 613. The molecule has 0 aliphatic rings. The first kappa shape index (κ1) is 13.4. The van der Waals surface area contributed by atoms with Crippen molar-refractivity contribution in [3.05, 3.63) is 58.1 Å². The van der Waals surface area contributed by atoms with Gasteiger partial charge in [0, 0.05) is 15.7 Å². The van der Waals surface area contributed by atoms with Gasteiger partial charge in [-0.05, 0) is 18.2 Å². The highest BCUT2D eigenvalue weighted by Gasteiger charge is 2.15. The largest absolute Gasteiger partial charge is 0.488 e. The van der Waals surface area contributed by atoms with Gasteiger partial charge in [0.15, 0.2) is 0 Å². The summed E-state index contributed by atoms with van der Waals surface area (Å²) >= 11 is 3.41. The average Bonchev–Trinajstić information content (AvgIpc) is 2.37. The molecule has 0 unspecified atom stereocenters. The number of aromatic carboxylic acids is 1. The third kappa shape index (κ3) is 3.06. The Hall–Kier alpha value is -2.01. The number of hydrogen-bond acceptors (Lipinski definition) is 3. The van der Waals surface area contributed by atoms with E-state index in [1.54, 1.807) is 12.1 Å². The molecule has 0 aliphatic heterocycles. The topological polar surface area (TPSA) is 72.5 Å². The number of carboxylic acid groups (broad SMARTS) is 1. The maximum Gasteiger partial charge on any atom is 0.341 e. The van der Waals surface area contributed by atoms with E-state index in [9.17, 15) is 4.79 Å². The van der Waals surface area contributed by atoms with Crippen LogP contribution < -0.4 is 10.5 Å². The van der Waals surface area contributed by atoms with Crippen LogP contribution in [0.25, 0.3) is 0 Å². The first-order valence-corrected chi connectivity index (χ1v) is 6.37. The fourth-order valence-corrected chi connectivity index (χ4v) is 2.07. The summed E-state index contributed by atoms with van der Waals surface area (Å²) in [4.78, 5) is 11.2. The second-order valence-corrected chi connectivity index (χ2v) is 4.76. The molecule has 0 saturated carbocycles. The number of nitrogen functional groups attached to an aromatic ring is 1. The molecule has 0 saturated heterocycles. The van der Waals surface area contributed by atoms with E-state index in [0.29, 0.717) is 0 Å². The van der Waals surface area contributed by atoms with Gasteiger partial charge in [0.1, 0.15) is 17.9 Å². The van der Waals surface area contributed by atoms with Gasteiger partial charge < -0.3 is 15.6 Å². The minimum absolute atomic E-state index is 0.00504. The van der Waals surface area contributed by atoms with Crippen molar-refractivity contribution >= 4 is 27.6 Å². The standard InChI is InChI=1S/C14H12BrNO3/c15-10-5-2-1-4-9(10)8-19-12-7-3-6-11(16)13(12)14(17)18/h1-7H,8,16H2,(H,17,18). The van der Waals surface area contributed by atoms with Crippen molar-refractivity contribution in [2.45, 2.75) is 6.61 Å². The van der Waals surface area contributed by atoms with E-state index >= 15 is 0 Å². The summed E-state index contributed by atoms with van der Waals surface area (Å²) in [6, 6.07) is 12.4. The van der Waals surface area contributed by atoms with Crippen LogP contribution in [-0.2, 0) is 6.61 Å². The van der Waals surface area contributed by atoms with E-state index in [4.69, 9.17) is 15.6 Å². The maximum atomic E-state index is 11.2. The number of hydrogen-bond donors (Lipinski definition) is 2. The first-order valence-electron chi connectivity index (χ1n) is 5.57. The molecule has 2 aromatic rings. The van der Waals surface area contributed by atoms with E-state index in [1.807, 2.05) is 24.3 Å². The second-order valence-electron chi connectivity index (χ2n) is 3.91. The minimum atomic E-state index is -1.10. The van der Waals surface area contributed by atoms with Crippen molar-refractivity contribution < 1.29 is 14.6 Å². The quantitative estimate of drug-likeness (QED) is 0.847. The molecule has 0 aliphatic carbocycles. The Kier molecular flexibility index (Phi) is 4.06. The fourth-order valence-electron chi connectivity index (χ4n) is 1.67. The molecule has 98 valence electrons. The Labute approximate surface area is 118 Å². The predicted molar refractivity (Wildman–Crippen MR) is 76.3 cm³/mol. The van der Waals surface area contributed by atoms with Gasteiger partial charge >= 0.3 is 5.97 Å². The summed E-state index contributed by atoms with van der Waals surface area (Å²) in [5.74, 6) is -0.830. The molecule has 2 rings (SSSR count). The highest BCUT2D eigenvalue weighted by atomic mass is 79.9. The van der Waals surface area contributed by atoms with Crippen molar-refractivity contribution in [2.75, 3.05) is 5.73 Å². The zero-order chi connectivity index (χ0) is 13.8. The van der Waals surface area contributed by atoms with Crippen molar-refractivity contribution in [3.8, 4) is 5.75 Å². The molecule has 0 atom stereocenters. The van der Waals surface area contributed by atoms with E-state index in [1.165, 1.54) is 6.07 Å². The summed E-state index contributed by atoms with van der Waals surface area (Å²) in [5, 5.41) is 9.13. The van der Waals surface area contributed by atoms with Gasteiger partial charge in [-0.3, -0.25) is 0 Å².